The van der Waals surface area contributed by atoms with Crippen LogP contribution < -0.4 is 5.32 Å². The molecule has 1 rings (SSSR count). The molecule has 1 aromatic carbocycles. The number of aliphatic carboxylic acids is 1. The second-order valence-electron chi connectivity index (χ2n) is 5.99. The maximum absolute atomic E-state index is 12.1. The van der Waals surface area contributed by atoms with Crippen molar-refractivity contribution in [2.45, 2.75) is 46.1 Å². The summed E-state index contributed by atoms with van der Waals surface area (Å²) < 4.78 is 0. The molecule has 0 bridgehead atoms. The highest BCUT2D eigenvalue weighted by atomic mass is 35.5. The van der Waals surface area contributed by atoms with E-state index in [1.54, 1.807) is 26.0 Å². The Morgan fingerprint density at radius 3 is 2.29 bits per heavy atom. The molecule has 1 atom stereocenters. The van der Waals surface area contributed by atoms with Crippen LogP contribution in [-0.2, 0) is 9.59 Å². The summed E-state index contributed by atoms with van der Waals surface area (Å²) in [5.41, 5.74) is 0.431. The van der Waals surface area contributed by atoms with Crippen LogP contribution in [0.15, 0.2) is 24.3 Å². The topological polar surface area (TPSA) is 66.4 Å². The molecule has 21 heavy (non-hydrogen) atoms. The van der Waals surface area contributed by atoms with E-state index in [0.717, 1.165) is 12.0 Å². The summed E-state index contributed by atoms with van der Waals surface area (Å²) in [6, 6.07) is 7.27. The van der Waals surface area contributed by atoms with E-state index in [9.17, 15) is 9.59 Å². The van der Waals surface area contributed by atoms with Crippen molar-refractivity contribution in [3.05, 3.63) is 34.9 Å². The summed E-state index contributed by atoms with van der Waals surface area (Å²) in [6.07, 6.45) is 0.911. The van der Waals surface area contributed by atoms with Crippen LogP contribution in [0.5, 0.6) is 0 Å². The number of carboxylic acids is 1. The Morgan fingerprint density at radius 2 is 1.81 bits per heavy atom. The largest absolute Gasteiger partial charge is 0.481 e. The Labute approximate surface area is 130 Å². The molecule has 1 aromatic rings. The predicted octanol–water partition coefficient (Wildman–Crippen LogP) is 3.80. The average Bonchev–Trinajstić information content (AvgIpc) is 2.34. The highest BCUT2D eigenvalue weighted by molar-refractivity contribution is 6.30. The number of rotatable bonds is 7. The Morgan fingerprint density at radius 1 is 1.24 bits per heavy atom. The highest BCUT2D eigenvalue weighted by Crippen LogP contribution is 2.26. The molecule has 0 aliphatic carbocycles. The minimum absolute atomic E-state index is 0.0296. The Balaban J connectivity index is 2.67. The molecule has 0 aromatic heterocycles. The van der Waals surface area contributed by atoms with Gasteiger partial charge in [0.25, 0.3) is 0 Å². The van der Waals surface area contributed by atoms with E-state index in [2.05, 4.69) is 5.32 Å². The van der Waals surface area contributed by atoms with Gasteiger partial charge in [-0.05, 0) is 29.5 Å². The molecular weight excluding hydrogens is 290 g/mol. The van der Waals surface area contributed by atoms with Crippen molar-refractivity contribution in [2.75, 3.05) is 0 Å². The zero-order valence-corrected chi connectivity index (χ0v) is 13.4. The van der Waals surface area contributed by atoms with Gasteiger partial charge in [0.05, 0.1) is 12.5 Å². The molecule has 4 nitrogen and oxygen atoms in total. The van der Waals surface area contributed by atoms with Crippen molar-refractivity contribution < 1.29 is 14.7 Å². The molecule has 2 N–H and O–H groups in total. The molecule has 116 valence electrons. The summed E-state index contributed by atoms with van der Waals surface area (Å²) in [6.45, 7) is 5.55. The van der Waals surface area contributed by atoms with Gasteiger partial charge in [-0.2, -0.15) is 0 Å². The second-order valence-corrected chi connectivity index (χ2v) is 6.43. The van der Waals surface area contributed by atoms with E-state index >= 15 is 0 Å². The van der Waals surface area contributed by atoms with Crippen LogP contribution in [0, 0.1) is 5.41 Å². The van der Waals surface area contributed by atoms with Gasteiger partial charge in [0.15, 0.2) is 0 Å². The predicted molar refractivity (Wildman–Crippen MR) is 83.3 cm³/mol. The Bertz CT molecular complexity index is 497. The number of amides is 1. The molecular formula is C16H22ClNO3. The first-order valence-electron chi connectivity index (χ1n) is 7.00. The van der Waals surface area contributed by atoms with E-state index < -0.39 is 11.4 Å². The minimum Gasteiger partial charge on any atom is -0.481 e. The number of carboxylic acid groups (broad SMARTS) is 1. The number of hydrogen-bond acceptors (Lipinski definition) is 2. The first kappa shape index (κ1) is 17.5. The zero-order chi connectivity index (χ0) is 16.0. The number of carbonyl (C=O) groups is 2. The summed E-state index contributed by atoms with van der Waals surface area (Å²) in [5.74, 6) is -1.03. The van der Waals surface area contributed by atoms with Crippen LogP contribution in [-0.4, -0.2) is 17.0 Å². The number of carbonyl (C=O) groups excluding carboxylic acids is 1. The maximum Gasteiger partial charge on any atom is 0.303 e. The monoisotopic (exact) mass is 311 g/mol. The fraction of sp³-hybridized carbons (Fsp3) is 0.500. The molecule has 0 aliphatic rings. The molecule has 5 heteroatoms. The zero-order valence-electron chi connectivity index (χ0n) is 12.6. The Kier molecular flexibility index (Phi) is 6.21. The van der Waals surface area contributed by atoms with Gasteiger partial charge in [-0.3, -0.25) is 9.59 Å². The van der Waals surface area contributed by atoms with Crippen LogP contribution in [0.4, 0.5) is 0 Å². The van der Waals surface area contributed by atoms with Gasteiger partial charge in [-0.25, -0.2) is 0 Å². The van der Waals surface area contributed by atoms with Gasteiger partial charge in [0.2, 0.25) is 5.91 Å². The minimum atomic E-state index is -0.891. The molecule has 0 radical (unpaired) electrons. The molecule has 0 aliphatic heterocycles. The Hall–Kier alpha value is -1.55. The fourth-order valence-electron chi connectivity index (χ4n) is 2.27. The first-order valence-corrected chi connectivity index (χ1v) is 7.38. The maximum atomic E-state index is 12.1. The summed E-state index contributed by atoms with van der Waals surface area (Å²) in [7, 11) is 0. The standard InChI is InChI=1S/C16H22ClNO3/c1-4-13(11-5-7-12(17)8-6-11)18-14(19)9-16(2,3)10-15(20)21/h5-8,13H,4,9-10H2,1-3H3,(H,18,19)(H,20,21). The van der Waals surface area contributed by atoms with E-state index in [4.69, 9.17) is 16.7 Å². The van der Waals surface area contributed by atoms with Crippen molar-refractivity contribution >= 4 is 23.5 Å². The summed E-state index contributed by atoms with van der Waals surface area (Å²) >= 11 is 5.86. The third-order valence-electron chi connectivity index (χ3n) is 3.28. The van der Waals surface area contributed by atoms with Gasteiger partial charge in [-0.1, -0.05) is 44.5 Å². The quantitative estimate of drug-likeness (QED) is 0.805. The molecule has 0 heterocycles. The van der Waals surface area contributed by atoms with Crippen molar-refractivity contribution in [3.8, 4) is 0 Å². The first-order chi connectivity index (χ1) is 9.73. The van der Waals surface area contributed by atoms with Crippen LogP contribution in [0.25, 0.3) is 0 Å². The van der Waals surface area contributed by atoms with Crippen LogP contribution in [0.1, 0.15) is 51.6 Å². The van der Waals surface area contributed by atoms with E-state index in [1.165, 1.54) is 0 Å². The van der Waals surface area contributed by atoms with Gasteiger partial charge in [-0.15, -0.1) is 0 Å². The van der Waals surface area contributed by atoms with Crippen LogP contribution >= 0.6 is 11.6 Å². The van der Waals surface area contributed by atoms with Gasteiger partial charge in [0, 0.05) is 11.4 Å². The van der Waals surface area contributed by atoms with Crippen molar-refractivity contribution in [3.63, 3.8) is 0 Å². The number of nitrogens with one attached hydrogen (secondary N) is 1. The summed E-state index contributed by atoms with van der Waals surface area (Å²) in [5, 5.41) is 12.5. The average molecular weight is 312 g/mol. The fourth-order valence-corrected chi connectivity index (χ4v) is 2.39. The molecule has 0 fully saturated rings. The normalized spacial score (nSPS) is 12.8. The molecule has 0 saturated heterocycles. The second kappa shape index (κ2) is 7.46. The molecule has 0 spiro atoms. The third kappa shape index (κ3) is 6.17. The lowest BCUT2D eigenvalue weighted by Crippen LogP contribution is -2.32. The van der Waals surface area contributed by atoms with Crippen molar-refractivity contribution in [2.24, 2.45) is 5.41 Å². The SMILES string of the molecule is CCC(NC(=O)CC(C)(C)CC(=O)O)c1ccc(Cl)cc1. The lowest BCUT2D eigenvalue weighted by molar-refractivity contribution is -0.139. The number of benzene rings is 1. The van der Waals surface area contributed by atoms with Crippen LogP contribution in [0.3, 0.4) is 0 Å². The van der Waals surface area contributed by atoms with Crippen molar-refractivity contribution in [1.29, 1.82) is 0 Å². The lowest BCUT2D eigenvalue weighted by atomic mass is 9.85. The molecule has 0 saturated carbocycles. The third-order valence-corrected chi connectivity index (χ3v) is 3.54. The van der Waals surface area contributed by atoms with Gasteiger partial charge in [0.1, 0.15) is 0 Å². The number of halogens is 1. The molecule has 1 amide bonds. The van der Waals surface area contributed by atoms with Crippen molar-refractivity contribution in [1.82, 2.24) is 5.32 Å². The summed E-state index contributed by atoms with van der Waals surface area (Å²) in [4.78, 5) is 22.9. The van der Waals surface area contributed by atoms with Crippen LogP contribution in [0.2, 0.25) is 5.02 Å². The smallest absolute Gasteiger partial charge is 0.303 e. The van der Waals surface area contributed by atoms with E-state index in [-0.39, 0.29) is 24.8 Å². The van der Waals surface area contributed by atoms with Gasteiger partial charge >= 0.3 is 5.97 Å². The van der Waals surface area contributed by atoms with E-state index in [0.29, 0.717) is 5.02 Å². The highest BCUT2D eigenvalue weighted by Gasteiger charge is 2.26. The number of hydrogen-bond donors (Lipinski definition) is 2. The molecule has 1 unspecified atom stereocenters. The van der Waals surface area contributed by atoms with Gasteiger partial charge < -0.3 is 10.4 Å². The van der Waals surface area contributed by atoms with E-state index in [1.807, 2.05) is 19.1 Å². The lowest BCUT2D eigenvalue weighted by Gasteiger charge is -2.24.